The van der Waals surface area contributed by atoms with Crippen LogP contribution in [-0.4, -0.2) is 33.3 Å². The van der Waals surface area contributed by atoms with E-state index in [4.69, 9.17) is 28.9 Å². The number of nitrogens with zero attached hydrogens (tertiary/aromatic N) is 2. The van der Waals surface area contributed by atoms with Crippen molar-refractivity contribution >= 4 is 40.9 Å². The number of aromatic nitrogens is 2. The van der Waals surface area contributed by atoms with E-state index in [0.29, 0.717) is 22.4 Å². The second kappa shape index (κ2) is 7.89. The van der Waals surface area contributed by atoms with Gasteiger partial charge in [-0.05, 0) is 37.5 Å². The highest BCUT2D eigenvalue weighted by Crippen LogP contribution is 2.34. The van der Waals surface area contributed by atoms with Crippen LogP contribution in [0.5, 0.6) is 0 Å². The van der Waals surface area contributed by atoms with Crippen molar-refractivity contribution in [1.29, 1.82) is 0 Å². The number of nitrogens with two attached hydrogens (primary N) is 1. The molecule has 0 saturated heterocycles. The van der Waals surface area contributed by atoms with Crippen molar-refractivity contribution in [2.75, 3.05) is 5.32 Å². The predicted octanol–water partition coefficient (Wildman–Crippen LogP) is 3.59. The molecule has 1 aliphatic carbocycles. The van der Waals surface area contributed by atoms with Gasteiger partial charge in [-0.15, -0.1) is 0 Å². The molecule has 1 aromatic carbocycles. The van der Waals surface area contributed by atoms with Crippen molar-refractivity contribution in [3.63, 3.8) is 0 Å². The minimum Gasteiger partial charge on any atom is -0.393 e. The highest BCUT2D eigenvalue weighted by Gasteiger charge is 2.27. The zero-order valence-corrected chi connectivity index (χ0v) is 15.2. The van der Waals surface area contributed by atoms with Crippen molar-refractivity contribution in [3.8, 4) is 0 Å². The number of nitrogens with one attached hydrogen (secondary N) is 1. The molecule has 3 atom stereocenters. The third-order valence-corrected chi connectivity index (χ3v) is 5.62. The lowest BCUT2D eigenvalue weighted by molar-refractivity contribution is 0.115. The minimum absolute atomic E-state index is 0.0811. The molecule has 2 aromatic rings. The summed E-state index contributed by atoms with van der Waals surface area (Å²) in [6, 6.07) is 5.36. The number of halogens is 2. The zero-order chi connectivity index (χ0) is 17.1. The highest BCUT2D eigenvalue weighted by molar-refractivity contribution is 7.99. The lowest BCUT2D eigenvalue weighted by atomic mass is 9.89. The molecule has 4 N–H and O–H groups in total. The standard InChI is InChI=1S/C16H18Cl2N4OS/c17-9-1-4-15(12(18)5-9)24-11-7-20-16(21-8-11)22-14-3-2-10(23)6-13(14)19/h1,4-5,7-8,10,13-14,23H,2-3,6,19H2,(H,20,21,22). The van der Waals surface area contributed by atoms with Crippen LogP contribution >= 0.6 is 35.0 Å². The van der Waals surface area contributed by atoms with Crippen molar-refractivity contribution in [1.82, 2.24) is 9.97 Å². The summed E-state index contributed by atoms with van der Waals surface area (Å²) in [4.78, 5) is 10.5. The van der Waals surface area contributed by atoms with Crippen LogP contribution in [0.3, 0.4) is 0 Å². The zero-order valence-electron chi connectivity index (χ0n) is 12.8. The van der Waals surface area contributed by atoms with Gasteiger partial charge in [0.25, 0.3) is 0 Å². The van der Waals surface area contributed by atoms with Gasteiger partial charge in [0.05, 0.1) is 11.1 Å². The molecule has 1 saturated carbocycles. The summed E-state index contributed by atoms with van der Waals surface area (Å²) in [5.41, 5.74) is 6.07. The van der Waals surface area contributed by atoms with Crippen LogP contribution in [-0.2, 0) is 0 Å². The van der Waals surface area contributed by atoms with E-state index in [9.17, 15) is 5.11 Å². The van der Waals surface area contributed by atoms with Gasteiger partial charge in [0.15, 0.2) is 0 Å². The number of hydrogen-bond acceptors (Lipinski definition) is 6. The second-order valence-electron chi connectivity index (χ2n) is 5.80. The molecule has 5 nitrogen and oxygen atoms in total. The molecule has 3 rings (SSSR count). The van der Waals surface area contributed by atoms with Gasteiger partial charge in [-0.2, -0.15) is 0 Å². The normalized spacial score (nSPS) is 23.9. The predicted molar refractivity (Wildman–Crippen MR) is 97.9 cm³/mol. The van der Waals surface area contributed by atoms with E-state index in [1.54, 1.807) is 24.5 Å². The van der Waals surface area contributed by atoms with Crippen LogP contribution in [0, 0.1) is 0 Å². The number of anilines is 1. The third kappa shape index (κ3) is 4.52. The molecule has 1 heterocycles. The molecule has 8 heteroatoms. The molecule has 0 spiro atoms. The average Bonchev–Trinajstić information content (AvgIpc) is 2.54. The average molecular weight is 385 g/mol. The first-order valence-electron chi connectivity index (χ1n) is 7.66. The van der Waals surface area contributed by atoms with Crippen molar-refractivity contribution in [2.24, 2.45) is 5.73 Å². The van der Waals surface area contributed by atoms with E-state index in [0.717, 1.165) is 22.6 Å². The quantitative estimate of drug-likeness (QED) is 0.746. The van der Waals surface area contributed by atoms with Gasteiger partial charge < -0.3 is 16.2 Å². The maximum atomic E-state index is 9.62. The van der Waals surface area contributed by atoms with Gasteiger partial charge in [0, 0.05) is 39.3 Å². The molecule has 1 aliphatic rings. The molecule has 24 heavy (non-hydrogen) atoms. The number of hydrogen-bond donors (Lipinski definition) is 3. The maximum absolute atomic E-state index is 9.62. The lowest BCUT2D eigenvalue weighted by Crippen LogP contribution is -2.46. The Kier molecular flexibility index (Phi) is 5.84. The molecule has 0 aliphatic heterocycles. The Bertz CT molecular complexity index is 701. The fraction of sp³-hybridized carbons (Fsp3) is 0.375. The minimum atomic E-state index is -0.304. The largest absolute Gasteiger partial charge is 0.393 e. The van der Waals surface area contributed by atoms with Gasteiger partial charge in [0.1, 0.15) is 0 Å². The molecule has 0 radical (unpaired) electrons. The summed E-state index contributed by atoms with van der Waals surface area (Å²) >= 11 is 13.6. The second-order valence-corrected chi connectivity index (χ2v) is 7.76. The molecule has 128 valence electrons. The van der Waals surface area contributed by atoms with Gasteiger partial charge in [-0.3, -0.25) is 0 Å². The Balaban J connectivity index is 1.63. The fourth-order valence-electron chi connectivity index (χ4n) is 2.66. The fourth-order valence-corrected chi connectivity index (χ4v) is 3.94. The first-order chi connectivity index (χ1) is 11.5. The Morgan fingerprint density at radius 2 is 1.96 bits per heavy atom. The summed E-state index contributed by atoms with van der Waals surface area (Å²) in [5, 5.41) is 14.1. The monoisotopic (exact) mass is 384 g/mol. The Labute approximate surface area is 155 Å². The summed E-state index contributed by atoms with van der Waals surface area (Å²) < 4.78 is 0. The SMILES string of the molecule is NC1CC(O)CCC1Nc1ncc(Sc2ccc(Cl)cc2Cl)cn1. The van der Waals surface area contributed by atoms with E-state index in [1.807, 2.05) is 6.07 Å². The van der Waals surface area contributed by atoms with Crippen molar-refractivity contribution in [3.05, 3.63) is 40.6 Å². The van der Waals surface area contributed by atoms with E-state index in [1.165, 1.54) is 11.8 Å². The van der Waals surface area contributed by atoms with Crippen LogP contribution in [0.15, 0.2) is 40.4 Å². The lowest BCUT2D eigenvalue weighted by Gasteiger charge is -2.32. The van der Waals surface area contributed by atoms with Crippen LogP contribution in [0.1, 0.15) is 19.3 Å². The van der Waals surface area contributed by atoms with Crippen LogP contribution in [0.2, 0.25) is 10.0 Å². The Morgan fingerprint density at radius 3 is 2.62 bits per heavy atom. The van der Waals surface area contributed by atoms with Crippen LogP contribution < -0.4 is 11.1 Å². The van der Waals surface area contributed by atoms with E-state index in [2.05, 4.69) is 15.3 Å². The van der Waals surface area contributed by atoms with Gasteiger partial charge in [-0.1, -0.05) is 35.0 Å². The van der Waals surface area contributed by atoms with E-state index < -0.39 is 0 Å². The van der Waals surface area contributed by atoms with Crippen LogP contribution in [0.25, 0.3) is 0 Å². The molecule has 3 unspecified atom stereocenters. The van der Waals surface area contributed by atoms with Gasteiger partial charge in [0.2, 0.25) is 5.95 Å². The van der Waals surface area contributed by atoms with E-state index in [-0.39, 0.29) is 18.2 Å². The van der Waals surface area contributed by atoms with Crippen LogP contribution in [0.4, 0.5) is 5.95 Å². The van der Waals surface area contributed by atoms with Gasteiger partial charge >= 0.3 is 0 Å². The molecule has 0 bridgehead atoms. The highest BCUT2D eigenvalue weighted by atomic mass is 35.5. The number of benzene rings is 1. The molecule has 1 aromatic heterocycles. The summed E-state index contributed by atoms with van der Waals surface area (Å²) in [7, 11) is 0. The van der Waals surface area contributed by atoms with Crippen molar-refractivity contribution in [2.45, 2.75) is 47.2 Å². The first kappa shape index (κ1) is 17.8. The van der Waals surface area contributed by atoms with E-state index >= 15 is 0 Å². The Hall–Kier alpha value is -1.05. The number of aliphatic hydroxyl groups is 1. The molecular weight excluding hydrogens is 367 g/mol. The summed E-state index contributed by atoms with van der Waals surface area (Å²) in [5.74, 6) is 0.540. The molecule has 0 amide bonds. The molecular formula is C16H18Cl2N4OS. The smallest absolute Gasteiger partial charge is 0.222 e. The number of rotatable bonds is 4. The topological polar surface area (TPSA) is 84.1 Å². The van der Waals surface area contributed by atoms with Gasteiger partial charge in [-0.25, -0.2) is 9.97 Å². The number of aliphatic hydroxyl groups excluding tert-OH is 1. The third-order valence-electron chi connectivity index (χ3n) is 3.94. The summed E-state index contributed by atoms with van der Waals surface area (Å²) in [6.45, 7) is 0. The first-order valence-corrected chi connectivity index (χ1v) is 9.23. The Morgan fingerprint density at radius 1 is 1.21 bits per heavy atom. The maximum Gasteiger partial charge on any atom is 0.222 e. The molecule has 1 fully saturated rings. The van der Waals surface area contributed by atoms with Crippen molar-refractivity contribution < 1.29 is 5.11 Å². The summed E-state index contributed by atoms with van der Waals surface area (Å²) in [6.07, 6.45) is 5.33.